The van der Waals surface area contributed by atoms with Gasteiger partial charge in [-0.2, -0.15) is 0 Å². The van der Waals surface area contributed by atoms with Gasteiger partial charge in [0.25, 0.3) is 5.91 Å². The van der Waals surface area contributed by atoms with E-state index < -0.39 is 5.91 Å². The molecule has 0 spiro atoms. The molecule has 0 saturated heterocycles. The molecule has 1 aromatic heterocycles. The number of nitrogens with zero attached hydrogens (tertiary/aromatic N) is 1. The highest BCUT2D eigenvalue weighted by atomic mass is 79.9. The number of benzene rings is 2. The molecule has 0 unspecified atom stereocenters. The van der Waals surface area contributed by atoms with Crippen molar-refractivity contribution in [3.05, 3.63) is 80.1 Å². The van der Waals surface area contributed by atoms with E-state index in [0.717, 1.165) is 10.0 Å². The highest BCUT2D eigenvalue weighted by molar-refractivity contribution is 9.10. The number of fused-ring (bicyclic) bond motifs is 1. The molecule has 0 bridgehead atoms. The average molecular weight is 471 g/mol. The predicted molar refractivity (Wildman–Crippen MR) is 124 cm³/mol. The van der Waals surface area contributed by atoms with Gasteiger partial charge in [-0.25, -0.2) is 0 Å². The molecule has 158 valence electrons. The fourth-order valence-corrected chi connectivity index (χ4v) is 3.68. The second-order valence-corrected chi connectivity index (χ2v) is 9.59. The maximum absolute atomic E-state index is 12.7. The van der Waals surface area contributed by atoms with Gasteiger partial charge in [0.1, 0.15) is 5.58 Å². The van der Waals surface area contributed by atoms with Crippen LogP contribution in [0, 0.1) is 0 Å². The summed E-state index contributed by atoms with van der Waals surface area (Å²) in [4.78, 5) is 27.1. The molecule has 5 nitrogen and oxygen atoms in total. The van der Waals surface area contributed by atoms with Crippen LogP contribution in [0.3, 0.4) is 0 Å². The molecule has 0 radical (unpaired) electrons. The minimum absolute atomic E-state index is 0.00824. The highest BCUT2D eigenvalue weighted by Crippen LogP contribution is 2.25. The Balaban J connectivity index is 1.78. The van der Waals surface area contributed by atoms with E-state index in [9.17, 15) is 9.59 Å². The number of carbonyl (C=O) groups excluding carboxylic acids is 1. The van der Waals surface area contributed by atoms with Crippen molar-refractivity contribution < 1.29 is 9.21 Å². The lowest BCUT2D eigenvalue weighted by Crippen LogP contribution is -2.34. The first-order valence-electron chi connectivity index (χ1n) is 9.85. The molecular weight excluding hydrogens is 444 g/mol. The summed E-state index contributed by atoms with van der Waals surface area (Å²) >= 11 is 3.34. The summed E-state index contributed by atoms with van der Waals surface area (Å²) < 4.78 is 6.45. The van der Waals surface area contributed by atoms with E-state index in [0.29, 0.717) is 17.5 Å². The lowest BCUT2D eigenvalue weighted by Gasteiger charge is -2.26. The van der Waals surface area contributed by atoms with E-state index in [-0.39, 0.29) is 22.6 Å². The van der Waals surface area contributed by atoms with Crippen molar-refractivity contribution in [3.8, 4) is 0 Å². The Morgan fingerprint density at radius 3 is 2.37 bits per heavy atom. The van der Waals surface area contributed by atoms with E-state index in [2.05, 4.69) is 71.2 Å². The molecule has 2 aromatic carbocycles. The molecular formula is C24H27BrN2O3. The van der Waals surface area contributed by atoms with Crippen molar-refractivity contribution in [1.29, 1.82) is 0 Å². The number of hydrogen-bond donors (Lipinski definition) is 1. The van der Waals surface area contributed by atoms with Crippen LogP contribution in [0.1, 0.15) is 48.5 Å². The monoisotopic (exact) mass is 470 g/mol. The van der Waals surface area contributed by atoms with Gasteiger partial charge in [-0.3, -0.25) is 9.59 Å². The van der Waals surface area contributed by atoms with Crippen LogP contribution in [-0.4, -0.2) is 31.4 Å². The first kappa shape index (κ1) is 22.2. The van der Waals surface area contributed by atoms with Gasteiger partial charge in [0.15, 0.2) is 11.2 Å². The topological polar surface area (TPSA) is 62.6 Å². The van der Waals surface area contributed by atoms with Crippen LogP contribution >= 0.6 is 15.9 Å². The Bertz CT molecular complexity index is 1110. The molecule has 0 fully saturated rings. The quantitative estimate of drug-likeness (QED) is 0.576. The largest absolute Gasteiger partial charge is 0.451 e. The zero-order chi connectivity index (χ0) is 22.1. The summed E-state index contributed by atoms with van der Waals surface area (Å²) in [6, 6.07) is 14.8. The molecule has 30 heavy (non-hydrogen) atoms. The first-order valence-corrected chi connectivity index (χ1v) is 10.6. The van der Waals surface area contributed by atoms with Crippen molar-refractivity contribution in [3.63, 3.8) is 0 Å². The Morgan fingerprint density at radius 1 is 1.10 bits per heavy atom. The van der Waals surface area contributed by atoms with E-state index in [1.807, 2.05) is 14.1 Å². The summed E-state index contributed by atoms with van der Waals surface area (Å²) in [5.41, 5.74) is 2.60. The van der Waals surface area contributed by atoms with Gasteiger partial charge >= 0.3 is 0 Å². The SMILES string of the molecule is CN(C)[C@@H](CNC(=O)c1cc(=O)c2cc(Br)ccc2o1)c1ccc(C(C)(C)C)cc1. The molecule has 0 saturated carbocycles. The van der Waals surface area contributed by atoms with Gasteiger partial charge in [-0.05, 0) is 48.8 Å². The molecule has 1 amide bonds. The fourth-order valence-electron chi connectivity index (χ4n) is 3.32. The van der Waals surface area contributed by atoms with Gasteiger partial charge in [0.05, 0.1) is 11.4 Å². The Labute approximate surface area is 185 Å². The van der Waals surface area contributed by atoms with Crippen molar-refractivity contribution in [1.82, 2.24) is 10.2 Å². The molecule has 1 atom stereocenters. The third-order valence-electron chi connectivity index (χ3n) is 5.15. The predicted octanol–water partition coefficient (Wildman–Crippen LogP) is 4.89. The second kappa shape index (κ2) is 8.74. The number of hydrogen-bond acceptors (Lipinski definition) is 4. The molecule has 0 aliphatic rings. The Morgan fingerprint density at radius 2 is 1.77 bits per heavy atom. The van der Waals surface area contributed by atoms with Gasteiger partial charge in [0, 0.05) is 17.1 Å². The average Bonchev–Trinajstić information content (AvgIpc) is 2.68. The smallest absolute Gasteiger partial charge is 0.287 e. The van der Waals surface area contributed by atoms with E-state index in [4.69, 9.17) is 4.42 Å². The fraction of sp³-hybridized carbons (Fsp3) is 0.333. The van der Waals surface area contributed by atoms with Crippen LogP contribution in [-0.2, 0) is 5.41 Å². The number of nitrogens with one attached hydrogen (secondary N) is 1. The molecule has 3 rings (SSSR count). The summed E-state index contributed by atoms with van der Waals surface area (Å²) in [6.45, 7) is 6.94. The van der Waals surface area contributed by atoms with Crippen LogP contribution in [0.4, 0.5) is 0 Å². The third-order valence-corrected chi connectivity index (χ3v) is 5.65. The van der Waals surface area contributed by atoms with Crippen molar-refractivity contribution in [2.24, 2.45) is 0 Å². The number of amides is 1. The first-order chi connectivity index (χ1) is 14.1. The normalized spacial score (nSPS) is 12.9. The molecule has 1 heterocycles. The molecule has 0 aliphatic carbocycles. The van der Waals surface area contributed by atoms with Crippen molar-refractivity contribution in [2.45, 2.75) is 32.2 Å². The minimum atomic E-state index is -0.407. The lowest BCUT2D eigenvalue weighted by atomic mass is 9.86. The zero-order valence-electron chi connectivity index (χ0n) is 18.0. The van der Waals surface area contributed by atoms with E-state index in [1.165, 1.54) is 11.6 Å². The Kier molecular flexibility index (Phi) is 6.48. The number of carbonyl (C=O) groups is 1. The summed E-state index contributed by atoms with van der Waals surface area (Å²) in [5.74, 6) is -0.398. The molecule has 6 heteroatoms. The zero-order valence-corrected chi connectivity index (χ0v) is 19.5. The van der Waals surface area contributed by atoms with Crippen LogP contribution in [0.2, 0.25) is 0 Å². The van der Waals surface area contributed by atoms with E-state index >= 15 is 0 Å². The van der Waals surface area contributed by atoms with Gasteiger partial charge < -0.3 is 14.6 Å². The van der Waals surface area contributed by atoms with Gasteiger partial charge in [0.2, 0.25) is 0 Å². The van der Waals surface area contributed by atoms with Gasteiger partial charge in [-0.15, -0.1) is 0 Å². The van der Waals surface area contributed by atoms with E-state index in [1.54, 1.807) is 18.2 Å². The third kappa shape index (κ3) is 4.99. The molecule has 1 N–H and O–H groups in total. The maximum atomic E-state index is 12.7. The lowest BCUT2D eigenvalue weighted by molar-refractivity contribution is 0.0914. The second-order valence-electron chi connectivity index (χ2n) is 8.68. The van der Waals surface area contributed by atoms with Crippen LogP contribution < -0.4 is 10.7 Å². The summed E-state index contributed by atoms with van der Waals surface area (Å²) in [7, 11) is 3.95. The van der Waals surface area contributed by atoms with Crippen molar-refractivity contribution in [2.75, 3.05) is 20.6 Å². The minimum Gasteiger partial charge on any atom is -0.451 e. The summed E-state index contributed by atoms with van der Waals surface area (Å²) in [6.07, 6.45) is 0. The Hall–Kier alpha value is -2.44. The standard InChI is InChI=1S/C24H27BrN2O3/c1-24(2,3)16-8-6-15(7-9-16)19(27(4)5)14-26-23(29)22-13-20(28)18-12-17(25)10-11-21(18)30-22/h6-13,19H,14H2,1-5H3,(H,26,29)/t19-/m0/s1. The van der Waals surface area contributed by atoms with Gasteiger partial charge in [-0.1, -0.05) is 61.0 Å². The van der Waals surface area contributed by atoms with Crippen LogP contribution in [0.5, 0.6) is 0 Å². The number of halogens is 1. The molecule has 3 aromatic rings. The summed E-state index contributed by atoms with van der Waals surface area (Å²) in [5, 5.41) is 3.34. The van der Waals surface area contributed by atoms with Crippen LogP contribution in [0.25, 0.3) is 11.0 Å². The number of rotatable bonds is 5. The highest BCUT2D eigenvalue weighted by Gasteiger charge is 2.19. The van der Waals surface area contributed by atoms with Crippen LogP contribution in [0.15, 0.2) is 62.2 Å². The van der Waals surface area contributed by atoms with Crippen molar-refractivity contribution >= 4 is 32.8 Å². The number of likely N-dealkylation sites (N-methyl/N-ethyl adjacent to an activating group) is 1. The molecule has 0 aliphatic heterocycles. The maximum Gasteiger partial charge on any atom is 0.287 e.